The normalized spacial score (nSPS) is 15.9. The first kappa shape index (κ1) is 25.8. The van der Waals surface area contributed by atoms with Crippen molar-refractivity contribution in [2.45, 2.75) is 25.8 Å². The van der Waals surface area contributed by atoms with E-state index in [0.29, 0.717) is 17.4 Å². The number of halogens is 3. The van der Waals surface area contributed by atoms with Crippen LogP contribution in [-0.4, -0.2) is 67.2 Å². The van der Waals surface area contributed by atoms with Gasteiger partial charge in [0.2, 0.25) is 11.9 Å². The van der Waals surface area contributed by atoms with Crippen molar-refractivity contribution in [3.05, 3.63) is 54.0 Å². The highest BCUT2D eigenvalue weighted by molar-refractivity contribution is 5.94. The summed E-state index contributed by atoms with van der Waals surface area (Å²) in [5.74, 6) is -2.24. The number of rotatable bonds is 5. The minimum atomic E-state index is -0.774. The van der Waals surface area contributed by atoms with E-state index in [-0.39, 0.29) is 53.5 Å². The van der Waals surface area contributed by atoms with Crippen LogP contribution in [0, 0.1) is 17.5 Å². The van der Waals surface area contributed by atoms with Crippen LogP contribution in [0.1, 0.15) is 19.8 Å². The number of amides is 1. The van der Waals surface area contributed by atoms with E-state index >= 15 is 4.39 Å². The van der Waals surface area contributed by atoms with Crippen molar-refractivity contribution in [2.75, 3.05) is 55.5 Å². The lowest BCUT2D eigenvalue weighted by Crippen LogP contribution is -2.42. The molecule has 1 aromatic heterocycles. The Hall–Kier alpha value is -3.86. The average Bonchev–Trinajstić information content (AvgIpc) is 2.89. The Morgan fingerprint density at radius 1 is 1.03 bits per heavy atom. The quantitative estimate of drug-likeness (QED) is 0.522. The van der Waals surface area contributed by atoms with Crippen molar-refractivity contribution in [2.24, 2.45) is 0 Å². The summed E-state index contributed by atoms with van der Waals surface area (Å²) in [6.45, 7) is 3.30. The zero-order valence-electron chi connectivity index (χ0n) is 21.5. The summed E-state index contributed by atoms with van der Waals surface area (Å²) in [6, 6.07) is 7.81. The number of ether oxygens (including phenoxy) is 1. The van der Waals surface area contributed by atoms with E-state index in [0.717, 1.165) is 38.2 Å². The average molecular weight is 527 g/mol. The van der Waals surface area contributed by atoms with Crippen LogP contribution in [0.15, 0.2) is 36.5 Å². The Kier molecular flexibility index (Phi) is 7.11. The van der Waals surface area contributed by atoms with Gasteiger partial charge in [0.1, 0.15) is 18.1 Å². The monoisotopic (exact) mass is 526 g/mol. The highest BCUT2D eigenvalue weighted by atomic mass is 19.1. The van der Waals surface area contributed by atoms with Gasteiger partial charge in [0, 0.05) is 37.3 Å². The first-order valence-corrected chi connectivity index (χ1v) is 12.5. The molecule has 3 aromatic rings. The van der Waals surface area contributed by atoms with Gasteiger partial charge in [-0.1, -0.05) is 0 Å². The van der Waals surface area contributed by atoms with Gasteiger partial charge in [-0.25, -0.2) is 23.1 Å². The molecule has 1 amide bonds. The summed E-state index contributed by atoms with van der Waals surface area (Å²) >= 11 is 0. The molecule has 8 nitrogen and oxygen atoms in total. The van der Waals surface area contributed by atoms with Crippen LogP contribution in [0.4, 0.5) is 36.2 Å². The van der Waals surface area contributed by atoms with Gasteiger partial charge in [-0.15, -0.1) is 0 Å². The number of nitrogens with zero attached hydrogens (tertiary/aromatic N) is 5. The molecule has 0 aliphatic carbocycles. The number of hydrogen-bond donors (Lipinski definition) is 1. The molecule has 200 valence electrons. The maximum Gasteiger partial charge on any atom is 0.227 e. The topological polar surface area (TPSA) is 73.8 Å². The first-order valence-electron chi connectivity index (χ1n) is 12.5. The molecule has 0 radical (unpaired) electrons. The number of benzene rings is 2. The number of fused-ring (bicyclic) bond motifs is 1. The second-order valence-electron chi connectivity index (χ2n) is 9.69. The van der Waals surface area contributed by atoms with E-state index in [1.165, 1.54) is 24.0 Å². The fourth-order valence-corrected chi connectivity index (χ4v) is 4.97. The second-order valence-corrected chi connectivity index (χ2v) is 9.69. The van der Waals surface area contributed by atoms with Gasteiger partial charge in [0.15, 0.2) is 17.4 Å². The molecule has 2 aliphatic heterocycles. The van der Waals surface area contributed by atoms with Crippen LogP contribution in [0.2, 0.25) is 0 Å². The molecule has 38 heavy (non-hydrogen) atoms. The third kappa shape index (κ3) is 5.10. The second kappa shape index (κ2) is 10.5. The molecular formula is C27H29F3N6O2. The molecule has 5 rings (SSSR count). The van der Waals surface area contributed by atoms with Crippen LogP contribution in [0.3, 0.4) is 0 Å². The zero-order valence-corrected chi connectivity index (χ0v) is 21.5. The summed E-state index contributed by atoms with van der Waals surface area (Å²) in [4.78, 5) is 25.8. The maximum atomic E-state index is 15.0. The van der Waals surface area contributed by atoms with Gasteiger partial charge in [-0.05, 0) is 57.3 Å². The summed E-state index contributed by atoms with van der Waals surface area (Å²) in [5.41, 5.74) is 1.07. The van der Waals surface area contributed by atoms with Crippen molar-refractivity contribution in [3.8, 4) is 17.0 Å². The third-order valence-corrected chi connectivity index (χ3v) is 7.01. The van der Waals surface area contributed by atoms with Crippen LogP contribution < -0.4 is 19.9 Å². The van der Waals surface area contributed by atoms with Crippen molar-refractivity contribution in [1.29, 1.82) is 0 Å². The standard InChI is InChI=1S/C27H29F3N6O2/c1-16(37)36-10-11-38-26-21(29)12-17(13-24(26)36)25-22(30)15-31-27(33-25)32-18-4-5-23(20(28)14-18)35-8-6-19(7-9-35)34(2)3/h4-5,12-15,19H,6-11H2,1-3H3,(H,31,32,33). The highest BCUT2D eigenvalue weighted by Crippen LogP contribution is 2.39. The lowest BCUT2D eigenvalue weighted by atomic mass is 10.0. The fraction of sp³-hybridized carbons (Fsp3) is 0.370. The van der Waals surface area contributed by atoms with Crippen molar-refractivity contribution in [1.82, 2.24) is 14.9 Å². The largest absolute Gasteiger partial charge is 0.486 e. The molecule has 1 N–H and O–H groups in total. The van der Waals surface area contributed by atoms with Crippen LogP contribution >= 0.6 is 0 Å². The van der Waals surface area contributed by atoms with Gasteiger partial charge >= 0.3 is 0 Å². The molecule has 1 saturated heterocycles. The predicted octanol–water partition coefficient (Wildman–Crippen LogP) is 4.58. The van der Waals surface area contributed by atoms with E-state index < -0.39 is 11.6 Å². The van der Waals surface area contributed by atoms with E-state index in [4.69, 9.17) is 4.74 Å². The molecule has 1 fully saturated rings. The zero-order chi connectivity index (χ0) is 27.0. The van der Waals surface area contributed by atoms with Gasteiger partial charge in [0.05, 0.1) is 24.1 Å². The molecule has 0 unspecified atom stereocenters. The SMILES string of the molecule is CC(=O)N1CCOc2c(F)cc(-c3nc(Nc4ccc(N5CCC(N(C)C)CC5)c(F)c4)ncc3F)cc21. The Labute approximate surface area is 219 Å². The molecular weight excluding hydrogens is 497 g/mol. The summed E-state index contributed by atoms with van der Waals surface area (Å²) in [7, 11) is 4.11. The lowest BCUT2D eigenvalue weighted by molar-refractivity contribution is -0.116. The number of nitrogens with one attached hydrogen (secondary N) is 1. The molecule has 0 atom stereocenters. The fourth-order valence-electron chi connectivity index (χ4n) is 4.97. The van der Waals surface area contributed by atoms with Crippen LogP contribution in [-0.2, 0) is 4.79 Å². The Morgan fingerprint density at radius 3 is 2.47 bits per heavy atom. The number of hydrogen-bond acceptors (Lipinski definition) is 7. The molecule has 2 aliphatic rings. The predicted molar refractivity (Wildman–Crippen MR) is 140 cm³/mol. The number of carbonyl (C=O) groups is 1. The van der Waals surface area contributed by atoms with Gasteiger partial charge in [-0.2, -0.15) is 0 Å². The minimum absolute atomic E-state index is 0.0122. The van der Waals surface area contributed by atoms with Crippen molar-refractivity contribution < 1.29 is 22.7 Å². The van der Waals surface area contributed by atoms with Gasteiger partial charge in [0.25, 0.3) is 0 Å². The molecule has 0 saturated carbocycles. The van der Waals surface area contributed by atoms with Crippen LogP contribution in [0.5, 0.6) is 5.75 Å². The number of anilines is 4. The lowest BCUT2D eigenvalue weighted by Gasteiger charge is -2.36. The van der Waals surface area contributed by atoms with Crippen LogP contribution in [0.25, 0.3) is 11.3 Å². The summed E-state index contributed by atoms with van der Waals surface area (Å²) in [5, 5.41) is 2.90. The molecule has 0 bridgehead atoms. The van der Waals surface area contributed by atoms with Gasteiger partial charge in [-0.3, -0.25) is 4.79 Å². The summed E-state index contributed by atoms with van der Waals surface area (Å²) < 4.78 is 50.0. The number of piperidine rings is 1. The number of carbonyl (C=O) groups excluding carboxylic acids is 1. The molecule has 2 aromatic carbocycles. The van der Waals surface area contributed by atoms with E-state index in [9.17, 15) is 13.6 Å². The molecule has 0 spiro atoms. The van der Waals surface area contributed by atoms with E-state index in [1.54, 1.807) is 12.1 Å². The van der Waals surface area contributed by atoms with E-state index in [2.05, 4.69) is 34.3 Å². The Balaban J connectivity index is 1.38. The van der Waals surface area contributed by atoms with E-state index in [1.807, 2.05) is 4.90 Å². The maximum absolute atomic E-state index is 15.0. The minimum Gasteiger partial charge on any atom is -0.486 e. The van der Waals surface area contributed by atoms with Gasteiger partial charge < -0.3 is 24.8 Å². The highest BCUT2D eigenvalue weighted by Gasteiger charge is 2.27. The summed E-state index contributed by atoms with van der Waals surface area (Å²) in [6.07, 6.45) is 2.87. The van der Waals surface area contributed by atoms with Crippen molar-refractivity contribution in [3.63, 3.8) is 0 Å². The Morgan fingerprint density at radius 2 is 1.79 bits per heavy atom. The first-order chi connectivity index (χ1) is 18.2. The molecule has 11 heteroatoms. The number of aromatic nitrogens is 2. The smallest absolute Gasteiger partial charge is 0.227 e. The molecule has 3 heterocycles. The Bertz CT molecular complexity index is 1360. The van der Waals surface area contributed by atoms with Crippen molar-refractivity contribution >= 4 is 28.9 Å². The third-order valence-electron chi connectivity index (χ3n) is 7.01.